The van der Waals surface area contributed by atoms with Crippen molar-refractivity contribution in [1.29, 1.82) is 0 Å². The molecule has 2 aromatic carbocycles. The number of benzene rings is 2. The second-order valence-electron chi connectivity index (χ2n) is 6.20. The lowest BCUT2D eigenvalue weighted by Gasteiger charge is -2.12. The average molecular weight is 399 g/mol. The van der Waals surface area contributed by atoms with Gasteiger partial charge in [0, 0.05) is 17.5 Å². The summed E-state index contributed by atoms with van der Waals surface area (Å²) in [7, 11) is 0. The van der Waals surface area contributed by atoms with Crippen LogP contribution in [0.3, 0.4) is 0 Å². The second kappa shape index (κ2) is 6.29. The van der Waals surface area contributed by atoms with Gasteiger partial charge >= 0.3 is 12.4 Å². The lowest BCUT2D eigenvalue weighted by Crippen LogP contribution is -2.11. The maximum Gasteiger partial charge on any atom is 0.416 e. The minimum absolute atomic E-state index is 0.0637. The smallest absolute Gasteiger partial charge is 0.416 e. The van der Waals surface area contributed by atoms with E-state index < -0.39 is 29.0 Å². The molecule has 4 rings (SSSR count). The highest BCUT2D eigenvalue weighted by atomic mass is 19.4. The lowest BCUT2D eigenvalue weighted by molar-refractivity contribution is -0.143. The number of aromatic nitrogens is 1. The zero-order valence-electron chi connectivity index (χ0n) is 14.0. The van der Waals surface area contributed by atoms with Crippen LogP contribution in [0, 0.1) is 0 Å². The number of nitrogens with zero attached hydrogens (tertiary/aromatic N) is 1. The van der Waals surface area contributed by atoms with E-state index in [0.29, 0.717) is 35.6 Å². The molecule has 0 atom stereocenters. The molecule has 0 aliphatic carbocycles. The second-order valence-corrected chi connectivity index (χ2v) is 6.20. The van der Waals surface area contributed by atoms with Gasteiger partial charge in [-0.1, -0.05) is 0 Å². The standard InChI is InChI=1S/C19H11F6NO2/c20-18(21,22)12-6-11(7-13(9-12)19(23,24)25)17-26-14-4-3-10(8-16(14)28-17)15-2-1-5-27-15/h2-4,6-9H,1,5H2. The Kier molecular flexibility index (Phi) is 4.13. The summed E-state index contributed by atoms with van der Waals surface area (Å²) in [6, 6.07) is 6.08. The Morgan fingerprint density at radius 1 is 0.821 bits per heavy atom. The van der Waals surface area contributed by atoms with E-state index in [0.717, 1.165) is 6.42 Å². The van der Waals surface area contributed by atoms with Crippen LogP contribution in [0.4, 0.5) is 26.3 Å². The number of ether oxygens (including phenoxy) is 1. The molecule has 0 fully saturated rings. The first-order valence-electron chi connectivity index (χ1n) is 8.15. The number of rotatable bonds is 2. The van der Waals surface area contributed by atoms with E-state index in [1.807, 2.05) is 6.08 Å². The van der Waals surface area contributed by atoms with Crippen LogP contribution in [0.1, 0.15) is 23.1 Å². The molecule has 0 N–H and O–H groups in total. The predicted octanol–water partition coefficient (Wildman–Crippen LogP) is 6.29. The maximum atomic E-state index is 13.0. The molecule has 0 unspecified atom stereocenters. The Hall–Kier alpha value is -2.97. The van der Waals surface area contributed by atoms with Crippen LogP contribution >= 0.6 is 0 Å². The van der Waals surface area contributed by atoms with Gasteiger partial charge in [-0.2, -0.15) is 26.3 Å². The van der Waals surface area contributed by atoms with Gasteiger partial charge < -0.3 is 9.15 Å². The molecule has 28 heavy (non-hydrogen) atoms. The molecular formula is C19H11F6NO2. The minimum atomic E-state index is -4.94. The van der Waals surface area contributed by atoms with Crippen LogP contribution in [0.2, 0.25) is 0 Å². The van der Waals surface area contributed by atoms with Gasteiger partial charge in [-0.05, 0) is 42.5 Å². The molecule has 0 saturated heterocycles. The van der Waals surface area contributed by atoms with Gasteiger partial charge in [0.15, 0.2) is 5.58 Å². The first kappa shape index (κ1) is 18.4. The Morgan fingerprint density at radius 2 is 1.50 bits per heavy atom. The van der Waals surface area contributed by atoms with Crippen molar-refractivity contribution in [1.82, 2.24) is 4.98 Å². The summed E-state index contributed by atoms with van der Waals surface area (Å²) in [5.74, 6) is 0.309. The first-order chi connectivity index (χ1) is 13.1. The fourth-order valence-corrected chi connectivity index (χ4v) is 2.90. The summed E-state index contributed by atoms with van der Waals surface area (Å²) in [5.41, 5.74) is -2.03. The highest BCUT2D eigenvalue weighted by Crippen LogP contribution is 2.39. The minimum Gasteiger partial charge on any atom is -0.493 e. The number of oxazole rings is 1. The molecule has 146 valence electrons. The predicted molar refractivity (Wildman–Crippen MR) is 88.0 cm³/mol. The van der Waals surface area contributed by atoms with Crippen LogP contribution in [0.15, 0.2) is 46.9 Å². The number of hydrogen-bond acceptors (Lipinski definition) is 3. The molecule has 0 radical (unpaired) electrons. The Bertz CT molecular complexity index is 1050. The molecule has 3 nitrogen and oxygen atoms in total. The lowest BCUT2D eigenvalue weighted by atomic mass is 10.0. The van der Waals surface area contributed by atoms with Crippen LogP contribution in [-0.4, -0.2) is 11.6 Å². The summed E-state index contributed by atoms with van der Waals surface area (Å²) in [6.45, 7) is 0.541. The summed E-state index contributed by atoms with van der Waals surface area (Å²) in [4.78, 5) is 4.04. The molecule has 0 saturated carbocycles. The zero-order chi connectivity index (χ0) is 20.1. The zero-order valence-corrected chi connectivity index (χ0v) is 14.0. The average Bonchev–Trinajstić information content (AvgIpc) is 3.28. The summed E-state index contributed by atoms with van der Waals surface area (Å²) >= 11 is 0. The molecule has 2 heterocycles. The van der Waals surface area contributed by atoms with E-state index in [2.05, 4.69) is 4.98 Å². The third-order valence-corrected chi connectivity index (χ3v) is 4.21. The van der Waals surface area contributed by atoms with Crippen LogP contribution in [-0.2, 0) is 17.1 Å². The van der Waals surface area contributed by atoms with Crippen LogP contribution < -0.4 is 0 Å². The molecule has 3 aromatic rings. The van der Waals surface area contributed by atoms with Gasteiger partial charge in [0.25, 0.3) is 0 Å². The van der Waals surface area contributed by atoms with Gasteiger partial charge in [0.1, 0.15) is 11.3 Å². The monoisotopic (exact) mass is 399 g/mol. The van der Waals surface area contributed by atoms with Gasteiger partial charge in [-0.25, -0.2) is 4.98 Å². The first-order valence-corrected chi connectivity index (χ1v) is 8.15. The quantitative estimate of drug-likeness (QED) is 0.475. The number of fused-ring (bicyclic) bond motifs is 1. The number of hydrogen-bond donors (Lipinski definition) is 0. The van der Waals surface area contributed by atoms with Crippen molar-refractivity contribution >= 4 is 16.9 Å². The molecule has 0 bridgehead atoms. The Morgan fingerprint density at radius 3 is 2.07 bits per heavy atom. The van der Waals surface area contributed by atoms with Crippen LogP contribution in [0.25, 0.3) is 28.3 Å². The fraction of sp³-hybridized carbons (Fsp3) is 0.211. The van der Waals surface area contributed by atoms with Crippen molar-refractivity contribution < 1.29 is 35.5 Å². The molecule has 9 heteroatoms. The SMILES string of the molecule is FC(F)(F)c1cc(-c2nc3ccc(C4=CCCO4)cc3o2)cc(C(F)(F)F)c1. The van der Waals surface area contributed by atoms with E-state index in [9.17, 15) is 26.3 Å². The summed E-state index contributed by atoms with van der Waals surface area (Å²) < 4.78 is 89.2. The highest BCUT2D eigenvalue weighted by molar-refractivity contribution is 5.80. The Labute approximate surface area is 154 Å². The van der Waals surface area contributed by atoms with Crippen molar-refractivity contribution in [3.63, 3.8) is 0 Å². The third kappa shape index (κ3) is 3.44. The number of halogens is 6. The van der Waals surface area contributed by atoms with E-state index in [4.69, 9.17) is 9.15 Å². The fourth-order valence-electron chi connectivity index (χ4n) is 2.90. The van der Waals surface area contributed by atoms with Crippen molar-refractivity contribution in [3.8, 4) is 11.5 Å². The van der Waals surface area contributed by atoms with Crippen molar-refractivity contribution in [2.24, 2.45) is 0 Å². The molecule has 0 amide bonds. The van der Waals surface area contributed by atoms with Crippen molar-refractivity contribution in [3.05, 3.63) is 59.2 Å². The van der Waals surface area contributed by atoms with E-state index in [1.54, 1.807) is 18.2 Å². The van der Waals surface area contributed by atoms with Gasteiger partial charge in [-0.3, -0.25) is 0 Å². The number of alkyl halides is 6. The maximum absolute atomic E-state index is 13.0. The summed E-state index contributed by atoms with van der Waals surface area (Å²) in [6.07, 6.45) is -7.26. The van der Waals surface area contributed by atoms with Crippen LogP contribution in [0.5, 0.6) is 0 Å². The largest absolute Gasteiger partial charge is 0.493 e. The summed E-state index contributed by atoms with van der Waals surface area (Å²) in [5, 5.41) is 0. The molecule has 1 aromatic heterocycles. The highest BCUT2D eigenvalue weighted by Gasteiger charge is 2.37. The topological polar surface area (TPSA) is 35.3 Å². The van der Waals surface area contributed by atoms with Crippen molar-refractivity contribution in [2.75, 3.05) is 6.61 Å². The van der Waals surface area contributed by atoms with Gasteiger partial charge in [-0.15, -0.1) is 0 Å². The Balaban J connectivity index is 1.82. The molecular weight excluding hydrogens is 388 g/mol. The molecule has 0 spiro atoms. The molecule has 1 aliphatic heterocycles. The van der Waals surface area contributed by atoms with E-state index in [1.165, 1.54) is 0 Å². The van der Waals surface area contributed by atoms with E-state index in [-0.39, 0.29) is 17.5 Å². The van der Waals surface area contributed by atoms with E-state index >= 15 is 0 Å². The van der Waals surface area contributed by atoms with Gasteiger partial charge in [0.05, 0.1) is 17.7 Å². The van der Waals surface area contributed by atoms with Gasteiger partial charge in [0.2, 0.25) is 5.89 Å². The van der Waals surface area contributed by atoms with Crippen molar-refractivity contribution in [2.45, 2.75) is 18.8 Å². The normalized spacial score (nSPS) is 15.0. The third-order valence-electron chi connectivity index (χ3n) is 4.21. The molecule has 1 aliphatic rings.